The summed E-state index contributed by atoms with van der Waals surface area (Å²) in [6.45, 7) is 0. The lowest BCUT2D eigenvalue weighted by molar-refractivity contribution is 0.593. The van der Waals surface area contributed by atoms with E-state index in [-0.39, 0.29) is 12.2 Å². The summed E-state index contributed by atoms with van der Waals surface area (Å²) in [6.07, 6.45) is 0.274. The first-order valence-corrected chi connectivity index (χ1v) is 6.76. The molecule has 100 valence electrons. The van der Waals surface area contributed by atoms with Crippen molar-refractivity contribution in [2.75, 3.05) is 0 Å². The van der Waals surface area contributed by atoms with Crippen LogP contribution in [0.1, 0.15) is 17.2 Å². The maximum Gasteiger partial charge on any atom is 0.126 e. The highest BCUT2D eigenvalue weighted by Crippen LogP contribution is 2.31. The summed E-state index contributed by atoms with van der Waals surface area (Å²) in [5.41, 5.74) is 7.13. The summed E-state index contributed by atoms with van der Waals surface area (Å²) in [6, 6.07) is 9.03. The Kier molecular flexibility index (Phi) is 4.69. The minimum Gasteiger partial charge on any atom is -0.324 e. The minimum atomic E-state index is -0.492. The second-order valence-electron chi connectivity index (χ2n) is 4.18. The molecular formula is C14H11Cl3FN. The van der Waals surface area contributed by atoms with Gasteiger partial charge in [0.1, 0.15) is 5.82 Å². The molecule has 0 aliphatic heterocycles. The first kappa shape index (κ1) is 14.6. The summed E-state index contributed by atoms with van der Waals surface area (Å²) in [7, 11) is 0. The largest absolute Gasteiger partial charge is 0.324 e. The zero-order valence-electron chi connectivity index (χ0n) is 9.84. The number of rotatable bonds is 3. The van der Waals surface area contributed by atoms with Crippen LogP contribution in [0.15, 0.2) is 36.4 Å². The molecule has 19 heavy (non-hydrogen) atoms. The Hall–Kier alpha value is -0.800. The van der Waals surface area contributed by atoms with Crippen LogP contribution in [0.25, 0.3) is 0 Å². The second kappa shape index (κ2) is 6.10. The summed E-state index contributed by atoms with van der Waals surface area (Å²) < 4.78 is 13.7. The molecular weight excluding hydrogens is 308 g/mol. The molecule has 2 N–H and O–H groups in total. The Morgan fingerprint density at radius 3 is 2.32 bits per heavy atom. The Balaban J connectivity index is 2.31. The van der Waals surface area contributed by atoms with Gasteiger partial charge in [-0.2, -0.15) is 0 Å². The molecule has 0 saturated carbocycles. The zero-order chi connectivity index (χ0) is 14.0. The quantitative estimate of drug-likeness (QED) is 0.844. The van der Waals surface area contributed by atoms with Crippen LogP contribution in [0.3, 0.4) is 0 Å². The highest BCUT2D eigenvalue weighted by molar-refractivity contribution is 6.36. The average molecular weight is 319 g/mol. The molecule has 0 spiro atoms. The molecule has 0 aliphatic carbocycles. The van der Waals surface area contributed by atoms with E-state index in [0.29, 0.717) is 26.2 Å². The van der Waals surface area contributed by atoms with E-state index in [0.717, 1.165) is 0 Å². The van der Waals surface area contributed by atoms with Crippen LogP contribution in [0.5, 0.6) is 0 Å². The van der Waals surface area contributed by atoms with Gasteiger partial charge in [0.05, 0.1) is 0 Å². The Morgan fingerprint density at radius 1 is 1.05 bits per heavy atom. The molecule has 2 aromatic carbocycles. The number of hydrogen-bond acceptors (Lipinski definition) is 1. The Labute approximate surface area is 126 Å². The van der Waals surface area contributed by atoms with Crippen molar-refractivity contribution in [3.63, 3.8) is 0 Å². The second-order valence-corrected chi connectivity index (χ2v) is 5.43. The van der Waals surface area contributed by atoms with Crippen molar-refractivity contribution < 1.29 is 4.39 Å². The van der Waals surface area contributed by atoms with Gasteiger partial charge in [-0.3, -0.25) is 0 Å². The molecule has 1 atom stereocenters. The molecule has 0 aliphatic rings. The molecule has 1 unspecified atom stereocenters. The van der Waals surface area contributed by atoms with E-state index in [1.54, 1.807) is 24.3 Å². The van der Waals surface area contributed by atoms with Gasteiger partial charge in [-0.25, -0.2) is 4.39 Å². The molecule has 0 heterocycles. The summed E-state index contributed by atoms with van der Waals surface area (Å²) in [4.78, 5) is 0. The van der Waals surface area contributed by atoms with Crippen molar-refractivity contribution >= 4 is 34.8 Å². The number of benzene rings is 2. The van der Waals surface area contributed by atoms with E-state index >= 15 is 0 Å². The van der Waals surface area contributed by atoms with Crippen molar-refractivity contribution in [3.8, 4) is 0 Å². The Bertz CT molecular complexity index is 581. The minimum absolute atomic E-state index is 0.274. The number of hydrogen-bond donors (Lipinski definition) is 1. The van der Waals surface area contributed by atoms with Crippen LogP contribution in [0.4, 0.5) is 4.39 Å². The predicted molar refractivity (Wildman–Crippen MR) is 78.5 cm³/mol. The predicted octanol–water partition coefficient (Wildman–Crippen LogP) is 5.03. The first-order chi connectivity index (χ1) is 8.99. The van der Waals surface area contributed by atoms with E-state index in [1.165, 1.54) is 12.1 Å². The maximum absolute atomic E-state index is 13.7. The van der Waals surface area contributed by atoms with Crippen LogP contribution >= 0.6 is 34.8 Å². The molecule has 0 amide bonds. The lowest BCUT2D eigenvalue weighted by Gasteiger charge is -2.16. The Morgan fingerprint density at radius 2 is 1.68 bits per heavy atom. The van der Waals surface area contributed by atoms with Gasteiger partial charge in [0, 0.05) is 26.7 Å². The van der Waals surface area contributed by atoms with Crippen molar-refractivity contribution in [2.45, 2.75) is 12.5 Å². The SMILES string of the molecule is NC(Cc1cc(Cl)ccc1F)c1c(Cl)cccc1Cl. The smallest absolute Gasteiger partial charge is 0.126 e. The van der Waals surface area contributed by atoms with Gasteiger partial charge in [-0.05, 0) is 42.3 Å². The van der Waals surface area contributed by atoms with Gasteiger partial charge in [0.25, 0.3) is 0 Å². The van der Waals surface area contributed by atoms with Gasteiger partial charge >= 0.3 is 0 Å². The molecule has 0 radical (unpaired) electrons. The fourth-order valence-electron chi connectivity index (χ4n) is 1.90. The molecule has 0 bridgehead atoms. The first-order valence-electron chi connectivity index (χ1n) is 5.62. The lowest BCUT2D eigenvalue weighted by atomic mass is 9.99. The third-order valence-corrected chi connectivity index (χ3v) is 3.71. The number of halogens is 4. The molecule has 0 fully saturated rings. The van der Waals surface area contributed by atoms with E-state index < -0.39 is 6.04 Å². The van der Waals surface area contributed by atoms with Crippen LogP contribution < -0.4 is 5.73 Å². The van der Waals surface area contributed by atoms with Crippen molar-refractivity contribution in [1.82, 2.24) is 0 Å². The standard InChI is InChI=1S/C14H11Cl3FN/c15-9-4-5-12(18)8(6-9)7-13(19)14-10(16)2-1-3-11(14)17/h1-6,13H,7,19H2. The normalized spacial score (nSPS) is 12.5. The molecule has 2 rings (SSSR count). The summed E-state index contributed by atoms with van der Waals surface area (Å²) >= 11 is 18.0. The highest BCUT2D eigenvalue weighted by Gasteiger charge is 2.16. The van der Waals surface area contributed by atoms with Crippen LogP contribution in [0.2, 0.25) is 15.1 Å². The third kappa shape index (κ3) is 3.40. The van der Waals surface area contributed by atoms with Gasteiger partial charge in [-0.1, -0.05) is 40.9 Å². The van der Waals surface area contributed by atoms with E-state index in [4.69, 9.17) is 40.5 Å². The van der Waals surface area contributed by atoms with Crippen molar-refractivity contribution in [3.05, 3.63) is 68.4 Å². The monoisotopic (exact) mass is 317 g/mol. The van der Waals surface area contributed by atoms with E-state index in [2.05, 4.69) is 0 Å². The van der Waals surface area contributed by atoms with Crippen LogP contribution in [0, 0.1) is 5.82 Å². The van der Waals surface area contributed by atoms with E-state index in [1.807, 2.05) is 0 Å². The van der Waals surface area contributed by atoms with Crippen molar-refractivity contribution in [1.29, 1.82) is 0 Å². The van der Waals surface area contributed by atoms with Gasteiger partial charge in [0.2, 0.25) is 0 Å². The number of nitrogens with two attached hydrogens (primary N) is 1. The molecule has 1 nitrogen and oxygen atoms in total. The molecule has 0 saturated heterocycles. The van der Waals surface area contributed by atoms with Gasteiger partial charge < -0.3 is 5.73 Å². The summed E-state index contributed by atoms with van der Waals surface area (Å²) in [5.74, 6) is -0.344. The lowest BCUT2D eigenvalue weighted by Crippen LogP contribution is -2.15. The van der Waals surface area contributed by atoms with E-state index in [9.17, 15) is 4.39 Å². The molecule has 2 aromatic rings. The highest BCUT2D eigenvalue weighted by atomic mass is 35.5. The maximum atomic E-state index is 13.7. The third-order valence-electron chi connectivity index (χ3n) is 2.82. The zero-order valence-corrected chi connectivity index (χ0v) is 12.1. The molecule has 5 heteroatoms. The average Bonchev–Trinajstić information content (AvgIpc) is 2.33. The van der Waals surface area contributed by atoms with Crippen LogP contribution in [-0.2, 0) is 6.42 Å². The van der Waals surface area contributed by atoms with Crippen LogP contribution in [-0.4, -0.2) is 0 Å². The fraction of sp³-hybridized carbons (Fsp3) is 0.143. The van der Waals surface area contributed by atoms with Crippen molar-refractivity contribution in [2.24, 2.45) is 5.73 Å². The summed E-state index contributed by atoms with van der Waals surface area (Å²) in [5, 5.41) is 1.42. The topological polar surface area (TPSA) is 26.0 Å². The fourth-order valence-corrected chi connectivity index (χ4v) is 2.78. The van der Waals surface area contributed by atoms with Gasteiger partial charge in [-0.15, -0.1) is 0 Å². The molecule has 0 aromatic heterocycles. The van der Waals surface area contributed by atoms with Gasteiger partial charge in [0.15, 0.2) is 0 Å².